The second kappa shape index (κ2) is 4.42. The minimum atomic E-state index is -0.254. The van der Waals surface area contributed by atoms with Gasteiger partial charge in [0.05, 0.1) is 6.54 Å². The van der Waals surface area contributed by atoms with Gasteiger partial charge in [0.25, 0.3) is 0 Å². The van der Waals surface area contributed by atoms with Crippen LogP contribution in [0.1, 0.15) is 12.8 Å². The molecule has 1 aliphatic rings. The summed E-state index contributed by atoms with van der Waals surface area (Å²) in [5, 5.41) is 3.37. The van der Waals surface area contributed by atoms with Crippen molar-refractivity contribution in [3.05, 3.63) is 0 Å². The fraction of sp³-hybridized carbons (Fsp3) is 0.875. The number of nitrogens with zero attached hydrogens (tertiary/aromatic N) is 1. The van der Waals surface area contributed by atoms with Crippen LogP contribution in [0.5, 0.6) is 0 Å². The maximum atomic E-state index is 10.5. The summed E-state index contributed by atoms with van der Waals surface area (Å²) < 4.78 is 0. The quantitative estimate of drug-likeness (QED) is 0.579. The Morgan fingerprint density at radius 2 is 2.50 bits per heavy atom. The average molecular weight is 171 g/mol. The van der Waals surface area contributed by atoms with E-state index in [1.165, 1.54) is 12.8 Å². The molecule has 1 rings (SSSR count). The number of hydrogen-bond donors (Lipinski definition) is 2. The molecule has 0 aliphatic carbocycles. The lowest BCUT2D eigenvalue weighted by molar-refractivity contribution is -0.118. The lowest BCUT2D eigenvalue weighted by atomic mass is 10.2. The van der Waals surface area contributed by atoms with Gasteiger partial charge in [0, 0.05) is 12.6 Å². The number of carbonyl (C=O) groups is 1. The van der Waals surface area contributed by atoms with Crippen molar-refractivity contribution < 1.29 is 4.79 Å². The van der Waals surface area contributed by atoms with Gasteiger partial charge >= 0.3 is 0 Å². The molecule has 0 saturated carbocycles. The van der Waals surface area contributed by atoms with Gasteiger partial charge in [-0.15, -0.1) is 0 Å². The number of nitrogens with two attached hydrogens (primary N) is 1. The van der Waals surface area contributed by atoms with Gasteiger partial charge in [-0.1, -0.05) is 0 Å². The molecule has 0 bridgehead atoms. The van der Waals surface area contributed by atoms with E-state index in [0.29, 0.717) is 12.6 Å². The number of nitrogens with one attached hydrogen (secondary N) is 1. The highest BCUT2D eigenvalue weighted by molar-refractivity contribution is 5.75. The van der Waals surface area contributed by atoms with Crippen LogP contribution in [-0.2, 0) is 4.79 Å². The second-order valence-corrected chi connectivity index (χ2v) is 3.46. The van der Waals surface area contributed by atoms with Crippen LogP contribution < -0.4 is 11.1 Å². The molecular formula is C8H17N3O. The normalized spacial score (nSPS) is 23.3. The fourth-order valence-corrected chi connectivity index (χ4v) is 1.62. The highest BCUT2D eigenvalue weighted by Crippen LogP contribution is 2.05. The molecule has 4 heteroatoms. The molecule has 3 N–H and O–H groups in total. The number of primary amides is 1. The van der Waals surface area contributed by atoms with Crippen LogP contribution >= 0.6 is 0 Å². The monoisotopic (exact) mass is 171 g/mol. The van der Waals surface area contributed by atoms with E-state index in [0.717, 1.165) is 13.1 Å². The van der Waals surface area contributed by atoms with Gasteiger partial charge in [0.2, 0.25) is 5.91 Å². The summed E-state index contributed by atoms with van der Waals surface area (Å²) in [5.41, 5.74) is 5.07. The summed E-state index contributed by atoms with van der Waals surface area (Å²) in [7, 11) is 1.92. The van der Waals surface area contributed by atoms with Gasteiger partial charge < -0.3 is 11.1 Å². The predicted octanol–water partition coefficient (Wildman–Crippen LogP) is -0.844. The Hall–Kier alpha value is -0.610. The minimum absolute atomic E-state index is 0.254. The molecule has 0 aromatic rings. The Balaban J connectivity index is 2.16. The van der Waals surface area contributed by atoms with Crippen LogP contribution in [0.15, 0.2) is 0 Å². The molecular weight excluding hydrogens is 154 g/mol. The summed E-state index contributed by atoms with van der Waals surface area (Å²) >= 11 is 0. The largest absolute Gasteiger partial charge is 0.369 e. The molecule has 12 heavy (non-hydrogen) atoms. The molecule has 1 atom stereocenters. The maximum Gasteiger partial charge on any atom is 0.231 e. The number of rotatable bonds is 4. The third-order valence-electron chi connectivity index (χ3n) is 2.12. The van der Waals surface area contributed by atoms with Gasteiger partial charge in [0.1, 0.15) is 0 Å². The van der Waals surface area contributed by atoms with E-state index in [9.17, 15) is 4.79 Å². The van der Waals surface area contributed by atoms with Gasteiger partial charge in [0.15, 0.2) is 0 Å². The van der Waals surface area contributed by atoms with Crippen molar-refractivity contribution >= 4 is 5.91 Å². The predicted molar refractivity (Wildman–Crippen MR) is 47.7 cm³/mol. The molecule has 0 aromatic heterocycles. The van der Waals surface area contributed by atoms with E-state index >= 15 is 0 Å². The third-order valence-corrected chi connectivity index (χ3v) is 2.12. The van der Waals surface area contributed by atoms with Gasteiger partial charge in [-0.3, -0.25) is 9.69 Å². The molecule has 1 aliphatic heterocycles. The van der Waals surface area contributed by atoms with Crippen molar-refractivity contribution in [3.63, 3.8) is 0 Å². The number of likely N-dealkylation sites (N-methyl/N-ethyl adjacent to an activating group) is 1. The first-order valence-electron chi connectivity index (χ1n) is 4.38. The van der Waals surface area contributed by atoms with Crippen molar-refractivity contribution in [2.24, 2.45) is 5.73 Å². The zero-order valence-electron chi connectivity index (χ0n) is 7.55. The van der Waals surface area contributed by atoms with E-state index in [1.54, 1.807) is 0 Å². The highest BCUT2D eigenvalue weighted by atomic mass is 16.1. The molecule has 4 nitrogen and oxygen atoms in total. The number of carbonyl (C=O) groups excluding carboxylic acids is 1. The molecule has 1 unspecified atom stereocenters. The van der Waals surface area contributed by atoms with E-state index in [1.807, 2.05) is 11.9 Å². The Morgan fingerprint density at radius 3 is 3.00 bits per heavy atom. The Kier molecular flexibility index (Phi) is 3.49. The molecule has 0 radical (unpaired) electrons. The number of hydrogen-bond acceptors (Lipinski definition) is 3. The first kappa shape index (κ1) is 9.48. The standard InChI is InChI=1S/C8H17N3O/c1-11(6-8(9)12)5-7-3-2-4-10-7/h7,10H,2-6H2,1H3,(H2,9,12). The Bertz CT molecular complexity index is 154. The zero-order chi connectivity index (χ0) is 8.97. The Labute approximate surface area is 73.1 Å². The van der Waals surface area contributed by atoms with Crippen LogP contribution in [0.25, 0.3) is 0 Å². The van der Waals surface area contributed by atoms with E-state index in [-0.39, 0.29) is 5.91 Å². The Morgan fingerprint density at radius 1 is 1.75 bits per heavy atom. The molecule has 1 saturated heterocycles. The number of amides is 1. The average Bonchev–Trinajstić information content (AvgIpc) is 2.37. The lowest BCUT2D eigenvalue weighted by Crippen LogP contribution is -2.39. The van der Waals surface area contributed by atoms with Crippen molar-refractivity contribution in [1.82, 2.24) is 10.2 Å². The van der Waals surface area contributed by atoms with Crippen LogP contribution in [0.3, 0.4) is 0 Å². The third kappa shape index (κ3) is 3.19. The van der Waals surface area contributed by atoms with E-state index in [4.69, 9.17) is 5.73 Å². The first-order chi connectivity index (χ1) is 5.68. The van der Waals surface area contributed by atoms with Gasteiger partial charge in [-0.05, 0) is 26.4 Å². The maximum absolute atomic E-state index is 10.5. The summed E-state index contributed by atoms with van der Waals surface area (Å²) in [4.78, 5) is 12.5. The van der Waals surface area contributed by atoms with Crippen molar-refractivity contribution in [2.45, 2.75) is 18.9 Å². The molecule has 70 valence electrons. The topological polar surface area (TPSA) is 58.4 Å². The van der Waals surface area contributed by atoms with Gasteiger partial charge in [-0.2, -0.15) is 0 Å². The molecule has 1 fully saturated rings. The first-order valence-corrected chi connectivity index (χ1v) is 4.38. The van der Waals surface area contributed by atoms with Crippen molar-refractivity contribution in [1.29, 1.82) is 0 Å². The fourth-order valence-electron chi connectivity index (χ4n) is 1.62. The summed E-state index contributed by atoms with van der Waals surface area (Å²) in [6.07, 6.45) is 2.46. The highest BCUT2D eigenvalue weighted by Gasteiger charge is 2.16. The molecule has 1 heterocycles. The smallest absolute Gasteiger partial charge is 0.231 e. The minimum Gasteiger partial charge on any atom is -0.369 e. The van der Waals surface area contributed by atoms with Crippen molar-refractivity contribution in [2.75, 3.05) is 26.7 Å². The summed E-state index contributed by atoms with van der Waals surface area (Å²) in [6.45, 7) is 2.39. The molecule has 1 amide bonds. The summed E-state index contributed by atoms with van der Waals surface area (Å²) in [5.74, 6) is -0.254. The van der Waals surface area contributed by atoms with Crippen molar-refractivity contribution in [3.8, 4) is 0 Å². The SMILES string of the molecule is CN(CC(N)=O)CC1CCCN1. The zero-order valence-corrected chi connectivity index (χ0v) is 7.55. The van der Waals surface area contributed by atoms with Crippen LogP contribution in [0.2, 0.25) is 0 Å². The van der Waals surface area contributed by atoms with E-state index < -0.39 is 0 Å². The van der Waals surface area contributed by atoms with Crippen LogP contribution in [0.4, 0.5) is 0 Å². The van der Waals surface area contributed by atoms with Gasteiger partial charge in [-0.25, -0.2) is 0 Å². The molecule has 0 spiro atoms. The molecule has 0 aromatic carbocycles. The van der Waals surface area contributed by atoms with Crippen LogP contribution in [-0.4, -0.2) is 43.5 Å². The van der Waals surface area contributed by atoms with E-state index in [2.05, 4.69) is 5.32 Å². The lowest BCUT2D eigenvalue weighted by Gasteiger charge is -2.19. The second-order valence-electron chi connectivity index (χ2n) is 3.46. The summed E-state index contributed by atoms with van der Waals surface area (Å²) in [6, 6.07) is 0.550. The van der Waals surface area contributed by atoms with Crippen LogP contribution in [0, 0.1) is 0 Å².